The number of halogens is 2. The number of benzene rings is 1. The van der Waals surface area contributed by atoms with Gasteiger partial charge in [-0.3, -0.25) is 9.69 Å². The third-order valence-electron chi connectivity index (χ3n) is 3.97. The van der Waals surface area contributed by atoms with Crippen molar-refractivity contribution in [3.8, 4) is 5.75 Å². The molecule has 1 heterocycles. The smallest absolute Gasteiger partial charge is 0.222 e. The standard InChI is InChI=1S/C17H27N3O3.2ClH/c18-8-4-7-17(22)20-11-9-19(10-12-20)13-15(21)14-23-16-5-2-1-3-6-16;;/h1-3,5-6,15,21H,4,7-14,18H2;2*1H. The lowest BCUT2D eigenvalue weighted by Crippen LogP contribution is -2.51. The number of amides is 1. The molecule has 0 aromatic heterocycles. The van der Waals surface area contributed by atoms with Crippen LogP contribution in [0.15, 0.2) is 30.3 Å². The highest BCUT2D eigenvalue weighted by Crippen LogP contribution is 2.10. The van der Waals surface area contributed by atoms with E-state index in [9.17, 15) is 9.90 Å². The Kier molecular flexibility index (Phi) is 12.6. The number of nitrogens with zero attached hydrogens (tertiary/aromatic N) is 2. The number of carbonyl (C=O) groups excluding carboxylic acids is 1. The lowest BCUT2D eigenvalue weighted by atomic mass is 10.2. The summed E-state index contributed by atoms with van der Waals surface area (Å²) in [5.41, 5.74) is 5.44. The molecule has 1 aliphatic rings. The summed E-state index contributed by atoms with van der Waals surface area (Å²) in [4.78, 5) is 16.0. The highest BCUT2D eigenvalue weighted by molar-refractivity contribution is 5.85. The summed E-state index contributed by atoms with van der Waals surface area (Å²) in [5, 5.41) is 10.1. The average molecular weight is 394 g/mol. The quantitative estimate of drug-likeness (QED) is 0.692. The molecule has 0 spiro atoms. The molecule has 0 bridgehead atoms. The topological polar surface area (TPSA) is 79.0 Å². The van der Waals surface area contributed by atoms with Crippen LogP contribution in [0, 0.1) is 0 Å². The van der Waals surface area contributed by atoms with E-state index in [1.54, 1.807) is 0 Å². The first kappa shape index (κ1) is 23.9. The largest absolute Gasteiger partial charge is 0.491 e. The van der Waals surface area contributed by atoms with Crippen molar-refractivity contribution in [1.82, 2.24) is 9.80 Å². The molecule has 25 heavy (non-hydrogen) atoms. The summed E-state index contributed by atoms with van der Waals surface area (Å²) in [6.45, 7) is 4.41. The monoisotopic (exact) mass is 393 g/mol. The Bertz CT molecular complexity index is 471. The normalized spacial score (nSPS) is 15.7. The van der Waals surface area contributed by atoms with E-state index in [0.29, 0.717) is 19.5 Å². The van der Waals surface area contributed by atoms with Gasteiger partial charge in [-0.25, -0.2) is 0 Å². The van der Waals surface area contributed by atoms with E-state index < -0.39 is 6.10 Å². The van der Waals surface area contributed by atoms with E-state index in [4.69, 9.17) is 10.5 Å². The first-order chi connectivity index (χ1) is 11.2. The SMILES string of the molecule is Cl.Cl.NCCCC(=O)N1CCN(CC(O)COc2ccccc2)CC1. The molecule has 0 radical (unpaired) electrons. The van der Waals surface area contributed by atoms with Crippen LogP contribution in [0.25, 0.3) is 0 Å². The van der Waals surface area contributed by atoms with E-state index in [1.807, 2.05) is 35.2 Å². The minimum atomic E-state index is -0.533. The number of piperazine rings is 1. The first-order valence-electron chi connectivity index (χ1n) is 8.25. The van der Waals surface area contributed by atoms with E-state index in [-0.39, 0.29) is 37.3 Å². The molecule has 1 unspecified atom stereocenters. The third kappa shape index (κ3) is 8.74. The van der Waals surface area contributed by atoms with Gasteiger partial charge in [-0.2, -0.15) is 0 Å². The van der Waals surface area contributed by atoms with E-state index in [1.165, 1.54) is 0 Å². The molecule has 0 aliphatic carbocycles. The second-order valence-electron chi connectivity index (χ2n) is 5.85. The second kappa shape index (κ2) is 13.2. The lowest BCUT2D eigenvalue weighted by molar-refractivity contribution is -0.133. The highest BCUT2D eigenvalue weighted by Gasteiger charge is 2.22. The van der Waals surface area contributed by atoms with Crippen LogP contribution in [0.2, 0.25) is 0 Å². The molecular formula is C17H29Cl2N3O3. The molecule has 1 saturated heterocycles. The zero-order valence-corrected chi connectivity index (χ0v) is 16.0. The van der Waals surface area contributed by atoms with Gasteiger partial charge in [-0.05, 0) is 25.1 Å². The fraction of sp³-hybridized carbons (Fsp3) is 0.588. The molecule has 1 aromatic carbocycles. The van der Waals surface area contributed by atoms with Gasteiger partial charge in [0.2, 0.25) is 5.91 Å². The molecule has 1 fully saturated rings. The number of aliphatic hydroxyl groups excluding tert-OH is 1. The number of hydrogen-bond donors (Lipinski definition) is 2. The predicted octanol–water partition coefficient (Wildman–Crippen LogP) is 1.15. The Labute approximate surface area is 162 Å². The van der Waals surface area contributed by atoms with Gasteiger partial charge < -0.3 is 20.5 Å². The van der Waals surface area contributed by atoms with Crippen LogP contribution in [0.1, 0.15) is 12.8 Å². The number of nitrogens with two attached hydrogens (primary N) is 1. The van der Waals surface area contributed by atoms with Crippen molar-refractivity contribution < 1.29 is 14.6 Å². The van der Waals surface area contributed by atoms with Crippen LogP contribution in [-0.4, -0.2) is 72.8 Å². The molecule has 1 aromatic rings. The number of β-amino-alcohol motifs (C(OH)–C–C–N with tert-alkyl or cyclic N) is 1. The van der Waals surface area contributed by atoms with Crippen LogP contribution in [0.4, 0.5) is 0 Å². The van der Waals surface area contributed by atoms with E-state index in [2.05, 4.69) is 4.90 Å². The molecule has 8 heteroatoms. The summed E-state index contributed by atoms with van der Waals surface area (Å²) >= 11 is 0. The van der Waals surface area contributed by atoms with Gasteiger partial charge >= 0.3 is 0 Å². The van der Waals surface area contributed by atoms with Crippen LogP contribution < -0.4 is 10.5 Å². The van der Waals surface area contributed by atoms with Gasteiger partial charge in [0.25, 0.3) is 0 Å². The Balaban J connectivity index is 0.00000288. The minimum absolute atomic E-state index is 0. The predicted molar refractivity (Wildman–Crippen MR) is 104 cm³/mol. The number of aliphatic hydroxyl groups is 1. The van der Waals surface area contributed by atoms with Crippen molar-refractivity contribution in [1.29, 1.82) is 0 Å². The molecule has 2 rings (SSSR count). The summed E-state index contributed by atoms with van der Waals surface area (Å²) in [6.07, 6.45) is 0.744. The number of carbonyl (C=O) groups is 1. The number of para-hydroxylation sites is 1. The van der Waals surface area contributed by atoms with Crippen LogP contribution >= 0.6 is 24.8 Å². The van der Waals surface area contributed by atoms with Crippen molar-refractivity contribution in [2.24, 2.45) is 5.73 Å². The molecule has 144 valence electrons. The number of ether oxygens (including phenoxy) is 1. The number of rotatable bonds is 8. The molecule has 1 aliphatic heterocycles. The summed E-state index contributed by atoms with van der Waals surface area (Å²) in [6, 6.07) is 9.49. The summed E-state index contributed by atoms with van der Waals surface area (Å²) in [5.74, 6) is 0.949. The molecule has 0 saturated carbocycles. The maximum Gasteiger partial charge on any atom is 0.222 e. The Hall–Kier alpha value is -1.05. The Morgan fingerprint density at radius 3 is 2.40 bits per heavy atom. The Morgan fingerprint density at radius 2 is 1.80 bits per heavy atom. The molecule has 1 atom stereocenters. The molecule has 3 N–H and O–H groups in total. The van der Waals surface area contributed by atoms with Crippen molar-refractivity contribution in [2.45, 2.75) is 18.9 Å². The lowest BCUT2D eigenvalue weighted by Gasteiger charge is -2.35. The maximum absolute atomic E-state index is 11.9. The maximum atomic E-state index is 11.9. The fourth-order valence-corrected chi connectivity index (χ4v) is 2.65. The van der Waals surface area contributed by atoms with E-state index >= 15 is 0 Å². The van der Waals surface area contributed by atoms with Gasteiger partial charge in [0.05, 0.1) is 0 Å². The second-order valence-corrected chi connectivity index (χ2v) is 5.85. The minimum Gasteiger partial charge on any atom is -0.491 e. The van der Waals surface area contributed by atoms with Crippen molar-refractivity contribution >= 4 is 30.7 Å². The Morgan fingerprint density at radius 1 is 1.16 bits per heavy atom. The van der Waals surface area contributed by atoms with Gasteiger partial charge in [0.15, 0.2) is 0 Å². The van der Waals surface area contributed by atoms with Crippen LogP contribution in [0.3, 0.4) is 0 Å². The highest BCUT2D eigenvalue weighted by atomic mass is 35.5. The molecular weight excluding hydrogens is 365 g/mol. The summed E-state index contributed by atoms with van der Waals surface area (Å²) < 4.78 is 5.56. The first-order valence-corrected chi connectivity index (χ1v) is 8.25. The number of hydrogen-bond acceptors (Lipinski definition) is 5. The van der Waals surface area contributed by atoms with Crippen molar-refractivity contribution in [3.05, 3.63) is 30.3 Å². The van der Waals surface area contributed by atoms with Crippen molar-refractivity contribution in [3.63, 3.8) is 0 Å². The molecule has 6 nitrogen and oxygen atoms in total. The fourth-order valence-electron chi connectivity index (χ4n) is 2.65. The summed E-state index contributed by atoms with van der Waals surface area (Å²) in [7, 11) is 0. The van der Waals surface area contributed by atoms with Gasteiger partial charge in [-0.15, -0.1) is 24.8 Å². The zero-order chi connectivity index (χ0) is 16.5. The van der Waals surface area contributed by atoms with Gasteiger partial charge in [-0.1, -0.05) is 18.2 Å². The van der Waals surface area contributed by atoms with Gasteiger partial charge in [0.1, 0.15) is 18.5 Å². The third-order valence-corrected chi connectivity index (χ3v) is 3.97. The van der Waals surface area contributed by atoms with Crippen LogP contribution in [0.5, 0.6) is 5.75 Å². The average Bonchev–Trinajstić information content (AvgIpc) is 2.59. The van der Waals surface area contributed by atoms with Crippen LogP contribution in [-0.2, 0) is 4.79 Å². The van der Waals surface area contributed by atoms with Gasteiger partial charge in [0, 0.05) is 39.1 Å². The van der Waals surface area contributed by atoms with Crippen molar-refractivity contribution in [2.75, 3.05) is 45.9 Å². The zero-order valence-electron chi connectivity index (χ0n) is 14.4. The molecule has 1 amide bonds. The van der Waals surface area contributed by atoms with E-state index in [0.717, 1.165) is 38.3 Å².